The van der Waals surface area contributed by atoms with E-state index in [0.717, 1.165) is 36.1 Å². The van der Waals surface area contributed by atoms with Gasteiger partial charge in [0.15, 0.2) is 5.65 Å². The Morgan fingerprint density at radius 3 is 2.72 bits per heavy atom. The number of fused-ring (bicyclic) bond motifs is 1. The van der Waals surface area contributed by atoms with E-state index < -0.39 is 11.7 Å². The van der Waals surface area contributed by atoms with Gasteiger partial charge in [-0.2, -0.15) is 13.2 Å². The molecule has 1 aromatic carbocycles. The summed E-state index contributed by atoms with van der Waals surface area (Å²) in [5.74, 6) is 0.251. The van der Waals surface area contributed by atoms with Crippen molar-refractivity contribution in [3.05, 3.63) is 54.5 Å². The molecule has 29 heavy (non-hydrogen) atoms. The molecule has 1 fully saturated rings. The van der Waals surface area contributed by atoms with E-state index in [2.05, 4.69) is 15.3 Å². The number of benzene rings is 1. The van der Waals surface area contributed by atoms with Gasteiger partial charge in [-0.15, -0.1) is 0 Å². The van der Waals surface area contributed by atoms with Crippen molar-refractivity contribution in [3.63, 3.8) is 0 Å². The van der Waals surface area contributed by atoms with E-state index in [9.17, 15) is 18.0 Å². The molecule has 0 bridgehead atoms. The second-order valence-corrected chi connectivity index (χ2v) is 7.20. The molecule has 3 aromatic rings. The van der Waals surface area contributed by atoms with E-state index >= 15 is 0 Å². The summed E-state index contributed by atoms with van der Waals surface area (Å²) < 4.78 is 40.0. The average molecular weight is 403 g/mol. The molecule has 1 unspecified atom stereocenters. The number of pyridine rings is 1. The van der Waals surface area contributed by atoms with Gasteiger partial charge >= 0.3 is 12.2 Å². The number of halogens is 3. The fraction of sp³-hybridized carbons (Fsp3) is 0.350. The van der Waals surface area contributed by atoms with Gasteiger partial charge in [-0.05, 0) is 55.2 Å². The molecular formula is C20H20F3N5O. The normalized spacial score (nSPS) is 17.5. The van der Waals surface area contributed by atoms with Crippen molar-refractivity contribution in [3.8, 4) is 0 Å². The molecule has 0 saturated carbocycles. The summed E-state index contributed by atoms with van der Waals surface area (Å²) in [4.78, 5) is 23.0. The van der Waals surface area contributed by atoms with Crippen LogP contribution in [0.1, 0.15) is 18.4 Å². The fourth-order valence-electron chi connectivity index (χ4n) is 3.65. The van der Waals surface area contributed by atoms with Crippen LogP contribution in [0, 0.1) is 5.92 Å². The van der Waals surface area contributed by atoms with Gasteiger partial charge in [0.1, 0.15) is 5.52 Å². The second-order valence-electron chi connectivity index (χ2n) is 7.20. The number of carbonyl (C=O) groups excluding carboxylic acids is 1. The van der Waals surface area contributed by atoms with Crippen LogP contribution >= 0.6 is 0 Å². The molecular weight excluding hydrogens is 383 g/mol. The fourth-order valence-corrected chi connectivity index (χ4v) is 3.65. The van der Waals surface area contributed by atoms with Gasteiger partial charge in [0.2, 0.25) is 0 Å². The molecule has 1 aliphatic heterocycles. The Labute approximate surface area is 165 Å². The summed E-state index contributed by atoms with van der Waals surface area (Å²) in [5.41, 5.74) is 1.25. The molecule has 2 amide bonds. The maximum atomic E-state index is 12.7. The summed E-state index contributed by atoms with van der Waals surface area (Å²) in [6, 6.07) is 7.91. The number of rotatable bonds is 3. The van der Waals surface area contributed by atoms with Crippen LogP contribution in [0.25, 0.3) is 11.2 Å². The Balaban J connectivity index is 1.38. The number of alkyl halides is 3. The zero-order valence-corrected chi connectivity index (χ0v) is 15.6. The number of likely N-dealkylation sites (tertiary alicyclic amines) is 1. The predicted octanol–water partition coefficient (Wildman–Crippen LogP) is 4.39. The number of hydrogen-bond acceptors (Lipinski definition) is 3. The summed E-state index contributed by atoms with van der Waals surface area (Å²) >= 11 is 0. The lowest BCUT2D eigenvalue weighted by atomic mass is 9.98. The van der Waals surface area contributed by atoms with E-state index in [0.29, 0.717) is 25.3 Å². The smallest absolute Gasteiger partial charge is 0.324 e. The molecule has 152 valence electrons. The molecule has 2 aromatic heterocycles. The molecule has 1 aliphatic rings. The van der Waals surface area contributed by atoms with Gasteiger partial charge in [-0.3, -0.25) is 0 Å². The lowest BCUT2D eigenvalue weighted by molar-refractivity contribution is -0.137. The Bertz CT molecular complexity index is 999. The van der Waals surface area contributed by atoms with Crippen molar-refractivity contribution in [2.45, 2.75) is 25.6 Å². The summed E-state index contributed by atoms with van der Waals surface area (Å²) in [6.07, 6.45) is 0.945. The predicted molar refractivity (Wildman–Crippen MR) is 102 cm³/mol. The number of anilines is 1. The molecule has 1 atom stereocenters. The highest BCUT2D eigenvalue weighted by molar-refractivity contribution is 5.89. The third-order valence-corrected chi connectivity index (χ3v) is 5.10. The Morgan fingerprint density at radius 1 is 1.17 bits per heavy atom. The molecule has 9 heteroatoms. The highest BCUT2D eigenvalue weighted by atomic mass is 19.4. The van der Waals surface area contributed by atoms with Crippen molar-refractivity contribution < 1.29 is 18.0 Å². The van der Waals surface area contributed by atoms with Crippen molar-refractivity contribution in [2.75, 3.05) is 18.4 Å². The minimum absolute atomic E-state index is 0.251. The molecule has 1 saturated heterocycles. The van der Waals surface area contributed by atoms with E-state index in [-0.39, 0.29) is 11.9 Å². The molecule has 4 rings (SSSR count). The first-order valence-corrected chi connectivity index (χ1v) is 9.39. The lowest BCUT2D eigenvalue weighted by Crippen LogP contribution is -2.43. The molecule has 6 nitrogen and oxygen atoms in total. The molecule has 3 heterocycles. The summed E-state index contributed by atoms with van der Waals surface area (Å²) in [6.45, 7) is 1.89. The van der Waals surface area contributed by atoms with Crippen LogP contribution in [-0.2, 0) is 12.7 Å². The monoisotopic (exact) mass is 403 g/mol. The molecule has 0 radical (unpaired) electrons. The minimum Gasteiger partial charge on any atom is -0.324 e. The first-order chi connectivity index (χ1) is 13.9. The van der Waals surface area contributed by atoms with Gasteiger partial charge in [-0.25, -0.2) is 14.8 Å². The number of nitrogens with one attached hydrogen (secondary N) is 1. The van der Waals surface area contributed by atoms with E-state index in [1.165, 1.54) is 12.1 Å². The first kappa shape index (κ1) is 19.2. The van der Waals surface area contributed by atoms with Crippen molar-refractivity contribution in [1.82, 2.24) is 19.4 Å². The zero-order valence-electron chi connectivity index (χ0n) is 15.6. The first-order valence-electron chi connectivity index (χ1n) is 9.39. The van der Waals surface area contributed by atoms with Crippen LogP contribution in [0.5, 0.6) is 0 Å². The molecule has 0 spiro atoms. The topological polar surface area (TPSA) is 63.1 Å². The molecule has 1 N–H and O–H groups in total. The van der Waals surface area contributed by atoms with Crippen LogP contribution in [-0.4, -0.2) is 38.6 Å². The highest BCUT2D eigenvalue weighted by Crippen LogP contribution is 2.30. The number of carbonyl (C=O) groups is 1. The second kappa shape index (κ2) is 7.73. The van der Waals surface area contributed by atoms with Gasteiger partial charge in [0, 0.05) is 31.5 Å². The van der Waals surface area contributed by atoms with Crippen molar-refractivity contribution in [2.24, 2.45) is 5.92 Å². The maximum Gasteiger partial charge on any atom is 0.416 e. The van der Waals surface area contributed by atoms with Gasteiger partial charge in [0.05, 0.1) is 11.9 Å². The van der Waals surface area contributed by atoms with Crippen molar-refractivity contribution in [1.29, 1.82) is 0 Å². The lowest BCUT2D eigenvalue weighted by Gasteiger charge is -2.33. The third kappa shape index (κ3) is 4.33. The Morgan fingerprint density at radius 2 is 1.97 bits per heavy atom. The quantitative estimate of drug-likeness (QED) is 0.705. The molecule has 0 aliphatic carbocycles. The van der Waals surface area contributed by atoms with E-state index in [1.54, 1.807) is 17.4 Å². The van der Waals surface area contributed by atoms with Crippen LogP contribution in [0.4, 0.5) is 23.7 Å². The number of amides is 2. The number of nitrogens with zero attached hydrogens (tertiary/aromatic N) is 4. The largest absolute Gasteiger partial charge is 0.416 e. The number of aromatic nitrogens is 3. The van der Waals surface area contributed by atoms with Gasteiger partial charge in [0.25, 0.3) is 0 Å². The van der Waals surface area contributed by atoms with E-state index in [1.807, 2.05) is 16.7 Å². The van der Waals surface area contributed by atoms with E-state index in [4.69, 9.17) is 0 Å². The van der Waals surface area contributed by atoms with Crippen LogP contribution in [0.2, 0.25) is 0 Å². The number of piperidine rings is 1. The Kier molecular flexibility index (Phi) is 5.12. The van der Waals surface area contributed by atoms with Crippen LogP contribution < -0.4 is 5.32 Å². The zero-order chi connectivity index (χ0) is 20.4. The summed E-state index contributed by atoms with van der Waals surface area (Å²) in [5, 5.41) is 2.69. The Hall–Kier alpha value is -3.10. The maximum absolute atomic E-state index is 12.7. The third-order valence-electron chi connectivity index (χ3n) is 5.10. The standard InChI is InChI=1S/C20H20F3N5O/c21-20(22,23)15-5-7-16(8-6-15)26-19(29)27-10-2-3-14(11-27)12-28-13-25-17-4-1-9-24-18(17)28/h1,4-9,13-14H,2-3,10-12H2,(H,26,29). The number of imidazole rings is 1. The number of urea groups is 1. The van der Waals surface area contributed by atoms with Gasteiger partial charge < -0.3 is 14.8 Å². The highest BCUT2D eigenvalue weighted by Gasteiger charge is 2.30. The van der Waals surface area contributed by atoms with Gasteiger partial charge in [-0.1, -0.05) is 0 Å². The average Bonchev–Trinajstić information content (AvgIpc) is 3.11. The van der Waals surface area contributed by atoms with Crippen LogP contribution in [0.15, 0.2) is 48.9 Å². The van der Waals surface area contributed by atoms with Crippen LogP contribution in [0.3, 0.4) is 0 Å². The SMILES string of the molecule is O=C(Nc1ccc(C(F)(F)F)cc1)N1CCCC(Cn2cnc3cccnc32)C1. The minimum atomic E-state index is -4.39. The summed E-state index contributed by atoms with van der Waals surface area (Å²) in [7, 11) is 0. The number of hydrogen-bond donors (Lipinski definition) is 1. The van der Waals surface area contributed by atoms with Crippen molar-refractivity contribution >= 4 is 22.9 Å².